The van der Waals surface area contributed by atoms with Gasteiger partial charge in [-0.25, -0.2) is 8.78 Å². The van der Waals surface area contributed by atoms with Gasteiger partial charge >= 0.3 is 5.97 Å². The van der Waals surface area contributed by atoms with Gasteiger partial charge in [-0.1, -0.05) is 13.8 Å². The van der Waals surface area contributed by atoms with Crippen molar-refractivity contribution < 1.29 is 18.7 Å². The summed E-state index contributed by atoms with van der Waals surface area (Å²) in [5, 5.41) is 8.47. The first-order valence-corrected chi connectivity index (χ1v) is 3.40. The zero-order chi connectivity index (χ0) is 8.81. The third kappa shape index (κ3) is 1.10. The fraction of sp³-hybridized carbons (Fsp3) is 0.857. The van der Waals surface area contributed by atoms with E-state index in [0.717, 1.165) is 0 Å². The van der Waals surface area contributed by atoms with E-state index in [2.05, 4.69) is 0 Å². The third-order valence-corrected chi connectivity index (χ3v) is 2.45. The van der Waals surface area contributed by atoms with Gasteiger partial charge in [-0.05, 0) is 5.41 Å². The minimum Gasteiger partial charge on any atom is -0.481 e. The molecule has 0 unspecified atom stereocenters. The molecule has 1 N–H and O–H groups in total. The van der Waals surface area contributed by atoms with Crippen molar-refractivity contribution in [2.75, 3.05) is 0 Å². The number of carbonyl (C=O) groups is 1. The average Bonchev–Trinajstić information content (AvgIpc) is 2.33. The van der Waals surface area contributed by atoms with Gasteiger partial charge in [-0.15, -0.1) is 0 Å². The highest BCUT2D eigenvalue weighted by Gasteiger charge is 2.66. The summed E-state index contributed by atoms with van der Waals surface area (Å²) in [6.45, 7) is 3.12. The van der Waals surface area contributed by atoms with Gasteiger partial charge < -0.3 is 5.11 Å². The number of halogens is 2. The average molecular weight is 164 g/mol. The summed E-state index contributed by atoms with van der Waals surface area (Å²) < 4.78 is 24.1. The van der Waals surface area contributed by atoms with Crippen LogP contribution in [0.4, 0.5) is 8.78 Å². The zero-order valence-corrected chi connectivity index (χ0v) is 6.34. The number of alkyl halides is 2. The van der Waals surface area contributed by atoms with Crippen LogP contribution in [0.5, 0.6) is 0 Å². The highest BCUT2D eigenvalue weighted by Crippen LogP contribution is 2.60. The summed E-state index contributed by atoms with van der Waals surface area (Å²) in [6, 6.07) is 0. The highest BCUT2D eigenvalue weighted by molar-refractivity contribution is 5.75. The van der Waals surface area contributed by atoms with Crippen LogP contribution >= 0.6 is 0 Å². The van der Waals surface area contributed by atoms with E-state index in [1.165, 1.54) is 0 Å². The molecule has 0 heterocycles. The van der Waals surface area contributed by atoms with Gasteiger partial charge in [0.2, 0.25) is 6.43 Å². The molecule has 1 rings (SSSR count). The van der Waals surface area contributed by atoms with Crippen molar-refractivity contribution in [2.45, 2.75) is 20.3 Å². The summed E-state index contributed by atoms with van der Waals surface area (Å²) in [4.78, 5) is 10.4. The SMILES string of the molecule is CC1(C)[C@H](C(=O)O)[C@@H]1C(F)F. The standard InChI is InChI=1S/C7H10F2O2/c1-7(2)3(5(8)9)4(7)6(10)11/h3-5H,1-2H3,(H,10,11)/t3-,4+/m1/s1. The Morgan fingerprint density at radius 1 is 1.55 bits per heavy atom. The van der Waals surface area contributed by atoms with Crippen LogP contribution in [0.15, 0.2) is 0 Å². The zero-order valence-electron chi connectivity index (χ0n) is 6.34. The predicted octanol–water partition coefficient (Wildman–Crippen LogP) is 1.61. The Hall–Kier alpha value is -0.670. The lowest BCUT2D eigenvalue weighted by Crippen LogP contribution is -2.04. The Balaban J connectivity index is 2.68. The first-order chi connectivity index (χ1) is 4.89. The molecule has 0 saturated heterocycles. The largest absolute Gasteiger partial charge is 0.481 e. The van der Waals surface area contributed by atoms with E-state index in [4.69, 9.17) is 5.11 Å². The molecule has 2 atom stereocenters. The van der Waals surface area contributed by atoms with Crippen molar-refractivity contribution in [3.05, 3.63) is 0 Å². The van der Waals surface area contributed by atoms with Crippen LogP contribution in [-0.4, -0.2) is 17.5 Å². The molecule has 0 aromatic heterocycles. The van der Waals surface area contributed by atoms with E-state index >= 15 is 0 Å². The molecule has 0 aromatic carbocycles. The summed E-state index contributed by atoms with van der Waals surface area (Å²) >= 11 is 0. The molecule has 0 spiro atoms. The fourth-order valence-corrected chi connectivity index (χ4v) is 1.62. The van der Waals surface area contributed by atoms with E-state index < -0.39 is 29.6 Å². The van der Waals surface area contributed by atoms with Crippen molar-refractivity contribution in [1.82, 2.24) is 0 Å². The molecule has 2 nitrogen and oxygen atoms in total. The molecule has 1 aliphatic rings. The first-order valence-electron chi connectivity index (χ1n) is 3.40. The van der Waals surface area contributed by atoms with E-state index in [9.17, 15) is 13.6 Å². The molecular weight excluding hydrogens is 154 g/mol. The highest BCUT2D eigenvalue weighted by atomic mass is 19.3. The summed E-state index contributed by atoms with van der Waals surface area (Å²) in [6.07, 6.45) is -2.51. The Labute approximate surface area is 63.2 Å². The van der Waals surface area contributed by atoms with Crippen LogP contribution in [0.2, 0.25) is 0 Å². The molecular formula is C7H10F2O2. The first kappa shape index (κ1) is 8.43. The minimum atomic E-state index is -2.51. The van der Waals surface area contributed by atoms with Crippen LogP contribution in [0.1, 0.15) is 13.8 Å². The van der Waals surface area contributed by atoms with Crippen molar-refractivity contribution in [3.63, 3.8) is 0 Å². The maximum Gasteiger partial charge on any atom is 0.307 e. The van der Waals surface area contributed by atoms with E-state index in [1.807, 2.05) is 0 Å². The number of hydrogen-bond donors (Lipinski definition) is 1. The van der Waals surface area contributed by atoms with E-state index in [-0.39, 0.29) is 0 Å². The second kappa shape index (κ2) is 2.16. The second-order valence-corrected chi connectivity index (χ2v) is 3.50. The molecule has 0 aliphatic heterocycles. The van der Waals surface area contributed by atoms with Gasteiger partial charge in [0.05, 0.1) is 5.92 Å². The second-order valence-electron chi connectivity index (χ2n) is 3.50. The molecule has 0 bridgehead atoms. The van der Waals surface area contributed by atoms with Crippen molar-refractivity contribution >= 4 is 5.97 Å². The summed E-state index contributed by atoms with van der Waals surface area (Å²) in [5.74, 6) is -2.93. The van der Waals surface area contributed by atoms with Gasteiger partial charge in [-0.3, -0.25) is 4.79 Å². The van der Waals surface area contributed by atoms with Gasteiger partial charge in [-0.2, -0.15) is 0 Å². The number of carboxylic acid groups (broad SMARTS) is 1. The topological polar surface area (TPSA) is 37.3 Å². The monoisotopic (exact) mass is 164 g/mol. The Bertz CT molecular complexity index is 189. The molecule has 64 valence electrons. The Morgan fingerprint density at radius 3 is 2.09 bits per heavy atom. The van der Waals surface area contributed by atoms with Crippen molar-refractivity contribution in [1.29, 1.82) is 0 Å². The third-order valence-electron chi connectivity index (χ3n) is 2.45. The van der Waals surface area contributed by atoms with Gasteiger partial charge in [0, 0.05) is 5.92 Å². The molecule has 4 heteroatoms. The molecule has 0 aromatic rings. The van der Waals surface area contributed by atoms with E-state index in [0.29, 0.717) is 0 Å². The van der Waals surface area contributed by atoms with E-state index in [1.54, 1.807) is 13.8 Å². The molecule has 1 aliphatic carbocycles. The van der Waals surface area contributed by atoms with Crippen LogP contribution in [0.3, 0.4) is 0 Å². The van der Waals surface area contributed by atoms with Gasteiger partial charge in [0.25, 0.3) is 0 Å². The number of aliphatic carboxylic acids is 1. The predicted molar refractivity (Wildman–Crippen MR) is 34.4 cm³/mol. The smallest absolute Gasteiger partial charge is 0.307 e. The van der Waals surface area contributed by atoms with Crippen LogP contribution in [0, 0.1) is 17.3 Å². The maximum absolute atomic E-state index is 12.1. The normalized spacial score (nSPS) is 33.9. The Kier molecular flexibility index (Phi) is 1.65. The molecule has 1 fully saturated rings. The molecule has 0 radical (unpaired) electrons. The van der Waals surface area contributed by atoms with Crippen molar-refractivity contribution in [3.8, 4) is 0 Å². The summed E-state index contributed by atoms with van der Waals surface area (Å²) in [7, 11) is 0. The number of rotatable bonds is 2. The van der Waals surface area contributed by atoms with Crippen LogP contribution in [0.25, 0.3) is 0 Å². The van der Waals surface area contributed by atoms with Crippen LogP contribution in [-0.2, 0) is 4.79 Å². The summed E-state index contributed by atoms with van der Waals surface area (Å²) in [5.41, 5.74) is -0.722. The lowest BCUT2D eigenvalue weighted by molar-refractivity contribution is -0.140. The van der Waals surface area contributed by atoms with Gasteiger partial charge in [0.1, 0.15) is 0 Å². The lowest BCUT2D eigenvalue weighted by atomic mass is 10.1. The Morgan fingerprint density at radius 2 is 2.00 bits per heavy atom. The fourth-order valence-electron chi connectivity index (χ4n) is 1.62. The minimum absolute atomic E-state index is 0.722. The maximum atomic E-state index is 12.1. The van der Waals surface area contributed by atoms with Crippen LogP contribution < -0.4 is 0 Å². The number of carboxylic acids is 1. The quantitative estimate of drug-likeness (QED) is 0.673. The van der Waals surface area contributed by atoms with Crippen molar-refractivity contribution in [2.24, 2.45) is 17.3 Å². The lowest BCUT2D eigenvalue weighted by Gasteiger charge is -1.98. The molecule has 11 heavy (non-hydrogen) atoms. The van der Waals surface area contributed by atoms with Gasteiger partial charge in [0.15, 0.2) is 0 Å². The molecule has 1 saturated carbocycles. The number of hydrogen-bond acceptors (Lipinski definition) is 1. The molecule has 0 amide bonds.